The third-order valence-corrected chi connectivity index (χ3v) is 2.77. The molecule has 114 valence electrons. The summed E-state index contributed by atoms with van der Waals surface area (Å²) in [6, 6.07) is 1.95. The number of alkyl halides is 2. The van der Waals surface area contributed by atoms with Crippen molar-refractivity contribution in [2.75, 3.05) is 17.6 Å². The van der Waals surface area contributed by atoms with Gasteiger partial charge in [-0.25, -0.2) is 4.39 Å². The lowest BCUT2D eigenvalue weighted by atomic mass is 10.0. The van der Waals surface area contributed by atoms with Crippen LogP contribution in [0.5, 0.6) is 5.75 Å². The first-order valence-electron chi connectivity index (χ1n) is 6.25. The standard InChI is InChI=1S/C13H19F3N2O2/c1-3-4-13(2,19)7-18-10-6-11(20-12(15)16)8(14)5-9(10)17/h5-6,12,18-19H,3-4,7,17H2,1-2H3. The molecule has 0 bridgehead atoms. The van der Waals surface area contributed by atoms with Gasteiger partial charge < -0.3 is 20.9 Å². The summed E-state index contributed by atoms with van der Waals surface area (Å²) in [4.78, 5) is 0. The zero-order valence-corrected chi connectivity index (χ0v) is 11.4. The summed E-state index contributed by atoms with van der Waals surface area (Å²) in [7, 11) is 0. The lowest BCUT2D eigenvalue weighted by Gasteiger charge is -2.24. The topological polar surface area (TPSA) is 67.5 Å². The molecule has 20 heavy (non-hydrogen) atoms. The van der Waals surface area contributed by atoms with E-state index in [0.717, 1.165) is 18.6 Å². The second-order valence-electron chi connectivity index (χ2n) is 4.85. The van der Waals surface area contributed by atoms with Crippen LogP contribution in [-0.4, -0.2) is 23.9 Å². The molecule has 0 aliphatic carbocycles. The smallest absolute Gasteiger partial charge is 0.387 e. The second kappa shape index (κ2) is 6.69. The number of nitrogen functional groups attached to an aromatic ring is 1. The Hall–Kier alpha value is -1.63. The molecule has 0 amide bonds. The third-order valence-electron chi connectivity index (χ3n) is 2.77. The number of rotatable bonds is 7. The minimum atomic E-state index is -3.12. The van der Waals surface area contributed by atoms with Crippen molar-refractivity contribution in [2.24, 2.45) is 0 Å². The third kappa shape index (κ3) is 4.80. The Bertz CT molecular complexity index is 453. The van der Waals surface area contributed by atoms with Crippen molar-refractivity contribution in [3.63, 3.8) is 0 Å². The number of aliphatic hydroxyl groups is 1. The number of halogens is 3. The summed E-state index contributed by atoms with van der Waals surface area (Å²) in [6.45, 7) is 0.601. The number of ether oxygens (including phenoxy) is 1. The van der Waals surface area contributed by atoms with Gasteiger partial charge in [0.05, 0.1) is 17.0 Å². The van der Waals surface area contributed by atoms with E-state index in [1.807, 2.05) is 6.92 Å². The molecule has 7 heteroatoms. The van der Waals surface area contributed by atoms with E-state index in [1.165, 1.54) is 0 Å². The summed E-state index contributed by atoms with van der Waals surface area (Å²) in [5.41, 5.74) is 4.91. The molecular weight excluding hydrogens is 273 g/mol. The van der Waals surface area contributed by atoms with Crippen molar-refractivity contribution >= 4 is 11.4 Å². The molecule has 0 aliphatic heterocycles. The molecule has 0 radical (unpaired) electrons. The van der Waals surface area contributed by atoms with Gasteiger partial charge >= 0.3 is 6.61 Å². The summed E-state index contributed by atoms with van der Waals surface area (Å²) in [5.74, 6) is -1.56. The van der Waals surface area contributed by atoms with E-state index in [0.29, 0.717) is 6.42 Å². The molecule has 0 saturated heterocycles. The molecule has 0 heterocycles. The molecule has 1 atom stereocenters. The highest BCUT2D eigenvalue weighted by molar-refractivity contribution is 5.68. The van der Waals surface area contributed by atoms with Gasteiger partial charge in [-0.3, -0.25) is 0 Å². The number of benzene rings is 1. The number of hydrogen-bond acceptors (Lipinski definition) is 4. The van der Waals surface area contributed by atoms with Crippen LogP contribution in [0, 0.1) is 5.82 Å². The first kappa shape index (κ1) is 16.4. The molecule has 0 saturated carbocycles. The fourth-order valence-electron chi connectivity index (χ4n) is 1.82. The van der Waals surface area contributed by atoms with E-state index in [1.54, 1.807) is 6.92 Å². The second-order valence-corrected chi connectivity index (χ2v) is 4.85. The number of anilines is 2. The Morgan fingerprint density at radius 1 is 1.45 bits per heavy atom. The molecule has 1 aromatic rings. The maximum atomic E-state index is 13.4. The normalized spacial score (nSPS) is 14.2. The maximum Gasteiger partial charge on any atom is 0.387 e. The predicted octanol–water partition coefficient (Wildman–Crippen LogP) is 2.97. The largest absolute Gasteiger partial charge is 0.432 e. The van der Waals surface area contributed by atoms with Crippen molar-refractivity contribution in [1.82, 2.24) is 0 Å². The van der Waals surface area contributed by atoms with E-state index < -0.39 is 23.8 Å². The quantitative estimate of drug-likeness (QED) is 0.676. The van der Waals surface area contributed by atoms with Crippen LogP contribution in [0.3, 0.4) is 0 Å². The van der Waals surface area contributed by atoms with Crippen LogP contribution in [0.15, 0.2) is 12.1 Å². The summed E-state index contributed by atoms with van der Waals surface area (Å²) >= 11 is 0. The van der Waals surface area contributed by atoms with Crippen LogP contribution in [0.4, 0.5) is 24.5 Å². The molecule has 4 nitrogen and oxygen atoms in total. The summed E-state index contributed by atoms with van der Waals surface area (Å²) in [5, 5.41) is 12.8. The van der Waals surface area contributed by atoms with Crippen molar-refractivity contribution in [3.8, 4) is 5.75 Å². The Balaban J connectivity index is 2.84. The Morgan fingerprint density at radius 2 is 2.10 bits per heavy atom. The maximum absolute atomic E-state index is 13.4. The van der Waals surface area contributed by atoms with Gasteiger partial charge in [-0.05, 0) is 13.3 Å². The van der Waals surface area contributed by atoms with Crippen LogP contribution in [0.2, 0.25) is 0 Å². The first-order valence-corrected chi connectivity index (χ1v) is 6.25. The number of hydrogen-bond donors (Lipinski definition) is 3. The van der Waals surface area contributed by atoms with E-state index in [-0.39, 0.29) is 17.9 Å². The molecule has 0 aromatic heterocycles. The monoisotopic (exact) mass is 292 g/mol. The average Bonchev–Trinajstić information content (AvgIpc) is 2.30. The Morgan fingerprint density at radius 3 is 2.65 bits per heavy atom. The van der Waals surface area contributed by atoms with Gasteiger partial charge in [0.25, 0.3) is 0 Å². The fourth-order valence-corrected chi connectivity index (χ4v) is 1.82. The molecule has 1 aromatic carbocycles. The summed E-state index contributed by atoms with van der Waals surface area (Å²) in [6.07, 6.45) is 1.34. The Kier molecular flexibility index (Phi) is 5.50. The average molecular weight is 292 g/mol. The van der Waals surface area contributed by atoms with Gasteiger partial charge in [-0.15, -0.1) is 0 Å². The lowest BCUT2D eigenvalue weighted by molar-refractivity contribution is -0.0521. The highest BCUT2D eigenvalue weighted by Gasteiger charge is 2.20. The lowest BCUT2D eigenvalue weighted by Crippen LogP contribution is -2.33. The van der Waals surface area contributed by atoms with Crippen LogP contribution >= 0.6 is 0 Å². The Labute approximate surface area is 115 Å². The zero-order chi connectivity index (χ0) is 15.3. The zero-order valence-electron chi connectivity index (χ0n) is 11.4. The predicted molar refractivity (Wildman–Crippen MR) is 71.5 cm³/mol. The van der Waals surface area contributed by atoms with Crippen molar-refractivity contribution in [3.05, 3.63) is 17.9 Å². The number of nitrogens with one attached hydrogen (secondary N) is 1. The van der Waals surface area contributed by atoms with Crippen LogP contribution in [0.25, 0.3) is 0 Å². The van der Waals surface area contributed by atoms with Crippen molar-refractivity contribution in [1.29, 1.82) is 0 Å². The van der Waals surface area contributed by atoms with E-state index >= 15 is 0 Å². The van der Waals surface area contributed by atoms with Gasteiger partial charge in [-0.2, -0.15) is 8.78 Å². The first-order chi connectivity index (χ1) is 9.25. The molecule has 1 unspecified atom stereocenters. The number of nitrogens with two attached hydrogens (primary N) is 1. The molecular formula is C13H19F3N2O2. The molecule has 0 spiro atoms. The van der Waals surface area contributed by atoms with E-state index in [4.69, 9.17) is 5.73 Å². The molecule has 0 aliphatic rings. The highest BCUT2D eigenvalue weighted by Crippen LogP contribution is 2.29. The van der Waals surface area contributed by atoms with Crippen molar-refractivity contribution in [2.45, 2.75) is 38.9 Å². The van der Waals surface area contributed by atoms with Gasteiger partial charge in [0, 0.05) is 18.7 Å². The van der Waals surface area contributed by atoms with E-state index in [2.05, 4.69) is 10.1 Å². The molecule has 4 N–H and O–H groups in total. The van der Waals surface area contributed by atoms with Gasteiger partial charge in [-0.1, -0.05) is 13.3 Å². The fraction of sp³-hybridized carbons (Fsp3) is 0.538. The van der Waals surface area contributed by atoms with Crippen LogP contribution in [-0.2, 0) is 0 Å². The minimum Gasteiger partial charge on any atom is -0.432 e. The summed E-state index contributed by atoms with van der Waals surface area (Å²) < 4.78 is 41.7. The SMILES string of the molecule is CCCC(C)(O)CNc1cc(OC(F)F)c(F)cc1N. The minimum absolute atomic E-state index is 0.0522. The van der Waals surface area contributed by atoms with Gasteiger partial charge in [0.15, 0.2) is 11.6 Å². The van der Waals surface area contributed by atoms with Crippen LogP contribution in [0.1, 0.15) is 26.7 Å². The van der Waals surface area contributed by atoms with Crippen molar-refractivity contribution < 1.29 is 23.0 Å². The highest BCUT2D eigenvalue weighted by atomic mass is 19.3. The van der Waals surface area contributed by atoms with Gasteiger partial charge in [0.1, 0.15) is 0 Å². The molecule has 0 fully saturated rings. The van der Waals surface area contributed by atoms with Gasteiger partial charge in [0.2, 0.25) is 0 Å². The van der Waals surface area contributed by atoms with Crippen LogP contribution < -0.4 is 15.8 Å². The molecule has 1 rings (SSSR count). The van der Waals surface area contributed by atoms with E-state index in [9.17, 15) is 18.3 Å².